The average molecular weight is 197 g/mol. The van der Waals surface area contributed by atoms with Gasteiger partial charge in [0.15, 0.2) is 0 Å². The lowest BCUT2D eigenvalue weighted by molar-refractivity contribution is -0.149. The molecule has 0 spiro atoms. The fraction of sp³-hybridized carbons (Fsp3) is 0.800. The van der Waals surface area contributed by atoms with Crippen molar-refractivity contribution in [1.82, 2.24) is 5.32 Å². The molecule has 14 heavy (non-hydrogen) atoms. The summed E-state index contributed by atoms with van der Waals surface area (Å²) in [7, 11) is 0. The van der Waals surface area contributed by atoms with Crippen molar-refractivity contribution in [3.63, 3.8) is 0 Å². The summed E-state index contributed by atoms with van der Waals surface area (Å²) in [6.45, 7) is 2.22. The SMILES string of the molecule is CCOC(=O)[C@H]1CC[C@@H]2C[C@H]1NC2=O. The third kappa shape index (κ3) is 1.49. The van der Waals surface area contributed by atoms with Crippen molar-refractivity contribution in [2.75, 3.05) is 6.61 Å². The third-order valence-electron chi connectivity index (χ3n) is 3.14. The molecule has 2 bridgehead atoms. The predicted molar refractivity (Wildman–Crippen MR) is 49.4 cm³/mol. The van der Waals surface area contributed by atoms with Gasteiger partial charge in [0, 0.05) is 12.0 Å². The van der Waals surface area contributed by atoms with Crippen molar-refractivity contribution in [2.45, 2.75) is 32.2 Å². The zero-order valence-electron chi connectivity index (χ0n) is 8.29. The summed E-state index contributed by atoms with van der Waals surface area (Å²) >= 11 is 0. The Hall–Kier alpha value is -1.06. The van der Waals surface area contributed by atoms with E-state index in [1.54, 1.807) is 6.92 Å². The Labute approximate surface area is 83.0 Å². The van der Waals surface area contributed by atoms with Crippen molar-refractivity contribution in [2.24, 2.45) is 11.8 Å². The first-order valence-electron chi connectivity index (χ1n) is 5.19. The fourth-order valence-electron chi connectivity index (χ4n) is 2.40. The van der Waals surface area contributed by atoms with Crippen LogP contribution >= 0.6 is 0 Å². The van der Waals surface area contributed by atoms with Crippen LogP contribution in [0.3, 0.4) is 0 Å². The van der Waals surface area contributed by atoms with Crippen LogP contribution in [0.15, 0.2) is 0 Å². The summed E-state index contributed by atoms with van der Waals surface area (Å²) in [5.41, 5.74) is 0. The Morgan fingerprint density at radius 3 is 3.07 bits per heavy atom. The van der Waals surface area contributed by atoms with Crippen LogP contribution in [0.4, 0.5) is 0 Å². The molecule has 1 saturated heterocycles. The molecule has 2 aliphatic rings. The van der Waals surface area contributed by atoms with Gasteiger partial charge < -0.3 is 10.1 Å². The lowest BCUT2D eigenvalue weighted by atomic mass is 9.82. The van der Waals surface area contributed by atoms with Gasteiger partial charge in [-0.25, -0.2) is 0 Å². The maximum atomic E-state index is 11.5. The minimum atomic E-state index is -0.154. The van der Waals surface area contributed by atoms with Gasteiger partial charge in [0.05, 0.1) is 12.5 Å². The lowest BCUT2D eigenvalue weighted by Crippen LogP contribution is -2.38. The number of hydrogen-bond acceptors (Lipinski definition) is 3. The van der Waals surface area contributed by atoms with Gasteiger partial charge in [0.25, 0.3) is 0 Å². The van der Waals surface area contributed by atoms with E-state index in [2.05, 4.69) is 5.32 Å². The normalized spacial score (nSPS) is 35.2. The van der Waals surface area contributed by atoms with E-state index >= 15 is 0 Å². The van der Waals surface area contributed by atoms with Crippen LogP contribution in [0.1, 0.15) is 26.2 Å². The van der Waals surface area contributed by atoms with Gasteiger partial charge in [-0.2, -0.15) is 0 Å². The topological polar surface area (TPSA) is 55.4 Å². The van der Waals surface area contributed by atoms with Crippen LogP contribution in [0.5, 0.6) is 0 Å². The molecule has 1 amide bonds. The van der Waals surface area contributed by atoms with E-state index in [0.29, 0.717) is 6.61 Å². The Bertz CT molecular complexity index is 264. The highest BCUT2D eigenvalue weighted by atomic mass is 16.5. The second-order valence-corrected chi connectivity index (χ2v) is 3.98. The first-order chi connectivity index (χ1) is 6.72. The smallest absolute Gasteiger partial charge is 0.311 e. The van der Waals surface area contributed by atoms with E-state index in [9.17, 15) is 9.59 Å². The third-order valence-corrected chi connectivity index (χ3v) is 3.14. The molecule has 2 rings (SSSR count). The molecule has 1 aliphatic heterocycles. The molecule has 0 aromatic rings. The first kappa shape index (κ1) is 9.49. The number of rotatable bonds is 2. The van der Waals surface area contributed by atoms with Gasteiger partial charge in [-0.3, -0.25) is 9.59 Å². The number of ether oxygens (including phenoxy) is 1. The van der Waals surface area contributed by atoms with Crippen LogP contribution < -0.4 is 5.32 Å². The molecular weight excluding hydrogens is 182 g/mol. The van der Waals surface area contributed by atoms with Crippen molar-refractivity contribution in [3.05, 3.63) is 0 Å². The summed E-state index contributed by atoms with van der Waals surface area (Å²) in [6, 6.07) is 0.0281. The summed E-state index contributed by atoms with van der Waals surface area (Å²) in [5, 5.41) is 2.87. The molecule has 1 N–H and O–H groups in total. The second-order valence-electron chi connectivity index (χ2n) is 3.98. The molecule has 3 atom stereocenters. The zero-order valence-corrected chi connectivity index (χ0v) is 8.29. The van der Waals surface area contributed by atoms with Gasteiger partial charge in [0.1, 0.15) is 0 Å². The quantitative estimate of drug-likeness (QED) is 0.654. The zero-order chi connectivity index (χ0) is 10.1. The van der Waals surface area contributed by atoms with Crippen LogP contribution in [0, 0.1) is 11.8 Å². The summed E-state index contributed by atoms with van der Waals surface area (Å²) in [6.07, 6.45) is 2.42. The number of esters is 1. The number of nitrogens with one attached hydrogen (secondary N) is 1. The van der Waals surface area contributed by atoms with Crippen LogP contribution in [-0.2, 0) is 14.3 Å². The first-order valence-corrected chi connectivity index (χ1v) is 5.19. The van der Waals surface area contributed by atoms with E-state index in [0.717, 1.165) is 19.3 Å². The molecule has 4 nitrogen and oxygen atoms in total. The number of carbonyl (C=O) groups excluding carboxylic acids is 2. The Morgan fingerprint density at radius 1 is 1.57 bits per heavy atom. The number of amides is 1. The molecule has 0 unspecified atom stereocenters. The molecule has 78 valence electrons. The van der Waals surface area contributed by atoms with Gasteiger partial charge >= 0.3 is 5.97 Å². The Kier molecular flexibility index (Phi) is 2.44. The van der Waals surface area contributed by atoms with Crippen LogP contribution in [0.2, 0.25) is 0 Å². The number of hydrogen-bond donors (Lipinski definition) is 1. The monoisotopic (exact) mass is 197 g/mol. The average Bonchev–Trinajstić information content (AvgIpc) is 2.43. The fourth-order valence-corrected chi connectivity index (χ4v) is 2.40. The summed E-state index contributed by atoms with van der Waals surface area (Å²) < 4.78 is 4.98. The van der Waals surface area contributed by atoms with Gasteiger partial charge in [-0.1, -0.05) is 0 Å². The van der Waals surface area contributed by atoms with Gasteiger partial charge in [0.2, 0.25) is 5.91 Å². The minimum absolute atomic E-state index is 0.0281. The largest absolute Gasteiger partial charge is 0.466 e. The Morgan fingerprint density at radius 2 is 2.36 bits per heavy atom. The number of carbonyl (C=O) groups is 2. The molecule has 1 heterocycles. The van der Waals surface area contributed by atoms with Crippen LogP contribution in [-0.4, -0.2) is 24.5 Å². The standard InChI is InChI=1S/C10H15NO3/c1-2-14-10(13)7-4-3-6-5-8(7)11-9(6)12/h6-8H,2-5H2,1H3,(H,11,12)/t6-,7+,8-/m1/s1. The van der Waals surface area contributed by atoms with E-state index in [-0.39, 0.29) is 29.8 Å². The van der Waals surface area contributed by atoms with E-state index in [1.165, 1.54) is 0 Å². The highest BCUT2D eigenvalue weighted by Gasteiger charge is 2.44. The minimum Gasteiger partial charge on any atom is -0.466 e. The molecule has 1 saturated carbocycles. The van der Waals surface area contributed by atoms with Gasteiger partial charge in [-0.15, -0.1) is 0 Å². The molecule has 4 heteroatoms. The molecule has 0 radical (unpaired) electrons. The molecule has 2 fully saturated rings. The van der Waals surface area contributed by atoms with E-state index in [1.807, 2.05) is 0 Å². The van der Waals surface area contributed by atoms with Crippen molar-refractivity contribution in [3.8, 4) is 0 Å². The van der Waals surface area contributed by atoms with Crippen molar-refractivity contribution in [1.29, 1.82) is 0 Å². The summed E-state index contributed by atoms with van der Waals surface area (Å²) in [5.74, 6) is -0.0109. The second kappa shape index (κ2) is 3.59. The molecular formula is C10H15NO3. The molecule has 0 aromatic carbocycles. The maximum absolute atomic E-state index is 11.5. The van der Waals surface area contributed by atoms with Crippen molar-refractivity contribution < 1.29 is 14.3 Å². The van der Waals surface area contributed by atoms with Gasteiger partial charge in [-0.05, 0) is 26.2 Å². The van der Waals surface area contributed by atoms with Crippen molar-refractivity contribution >= 4 is 11.9 Å². The maximum Gasteiger partial charge on any atom is 0.311 e. The van der Waals surface area contributed by atoms with Crippen LogP contribution in [0.25, 0.3) is 0 Å². The van der Waals surface area contributed by atoms with E-state index in [4.69, 9.17) is 4.74 Å². The highest BCUT2D eigenvalue weighted by molar-refractivity contribution is 5.84. The lowest BCUT2D eigenvalue weighted by Gasteiger charge is -2.24. The molecule has 1 aliphatic carbocycles. The number of fused-ring (bicyclic) bond motifs is 2. The predicted octanol–water partition coefficient (Wildman–Crippen LogP) is 0.464. The summed E-state index contributed by atoms with van der Waals surface area (Å²) in [4.78, 5) is 22.8. The molecule has 0 aromatic heterocycles. The Balaban J connectivity index is 2.01. The highest BCUT2D eigenvalue weighted by Crippen LogP contribution is 2.34. The van der Waals surface area contributed by atoms with E-state index < -0.39 is 0 Å².